The summed E-state index contributed by atoms with van der Waals surface area (Å²) in [4.78, 5) is 38.8. The first-order valence-electron chi connectivity index (χ1n) is 10.5. The second kappa shape index (κ2) is 10.9. The Morgan fingerprint density at radius 1 is 1.00 bits per heavy atom. The molecule has 0 bridgehead atoms. The van der Waals surface area contributed by atoms with Gasteiger partial charge in [-0.15, -0.1) is 0 Å². The highest BCUT2D eigenvalue weighted by Gasteiger charge is 2.34. The van der Waals surface area contributed by atoms with Crippen molar-refractivity contribution in [3.8, 4) is 17.2 Å². The predicted octanol–water partition coefficient (Wildman–Crippen LogP) is 5.17. The smallest absolute Gasteiger partial charge is 0.343 e. The van der Waals surface area contributed by atoms with Crippen molar-refractivity contribution in [2.24, 2.45) is 0 Å². The van der Waals surface area contributed by atoms with Crippen LogP contribution in [0.1, 0.15) is 15.9 Å². The Hall–Kier alpha value is -4.11. The fourth-order valence-corrected chi connectivity index (χ4v) is 4.08. The Balaban J connectivity index is 1.43. The van der Waals surface area contributed by atoms with Crippen LogP contribution in [0.2, 0.25) is 0 Å². The molecule has 0 radical (unpaired) electrons. The summed E-state index contributed by atoms with van der Waals surface area (Å²) in [7, 11) is 1.41. The van der Waals surface area contributed by atoms with E-state index in [4.69, 9.17) is 14.2 Å². The molecule has 7 nitrogen and oxygen atoms in total. The molecular formula is C26H20FNO6S. The molecule has 2 amide bonds. The third-order valence-electron chi connectivity index (χ3n) is 4.97. The van der Waals surface area contributed by atoms with Gasteiger partial charge < -0.3 is 14.2 Å². The van der Waals surface area contributed by atoms with Crippen LogP contribution in [0.4, 0.5) is 9.18 Å². The summed E-state index contributed by atoms with van der Waals surface area (Å²) in [6, 6.07) is 18.8. The van der Waals surface area contributed by atoms with Gasteiger partial charge >= 0.3 is 5.97 Å². The van der Waals surface area contributed by atoms with Crippen LogP contribution < -0.4 is 14.2 Å². The topological polar surface area (TPSA) is 82.1 Å². The molecule has 0 unspecified atom stereocenters. The van der Waals surface area contributed by atoms with Gasteiger partial charge in [-0.25, -0.2) is 9.18 Å². The molecule has 4 rings (SSSR count). The molecule has 0 spiro atoms. The van der Waals surface area contributed by atoms with Crippen LogP contribution in [0, 0.1) is 5.82 Å². The van der Waals surface area contributed by atoms with Crippen molar-refractivity contribution in [1.29, 1.82) is 0 Å². The summed E-state index contributed by atoms with van der Waals surface area (Å²) in [5.41, 5.74) is 0.761. The zero-order chi connectivity index (χ0) is 24.8. The molecule has 1 aliphatic rings. The lowest BCUT2D eigenvalue weighted by molar-refractivity contribution is -0.123. The van der Waals surface area contributed by atoms with E-state index in [1.165, 1.54) is 25.3 Å². The molecule has 1 heterocycles. The van der Waals surface area contributed by atoms with Gasteiger partial charge in [0, 0.05) is 0 Å². The first kappa shape index (κ1) is 24.0. The number of amides is 2. The highest BCUT2D eigenvalue weighted by molar-refractivity contribution is 8.18. The SMILES string of the molecule is COc1cc(/C=C2\SC(=O)N(CCOc3ccccc3)C2=O)ccc1OC(=O)c1ccc(F)cc1. The average Bonchev–Trinajstić information content (AvgIpc) is 3.13. The Morgan fingerprint density at radius 3 is 2.46 bits per heavy atom. The van der Waals surface area contributed by atoms with Crippen LogP contribution in [0.25, 0.3) is 6.08 Å². The van der Waals surface area contributed by atoms with Crippen LogP contribution in [0.15, 0.2) is 77.7 Å². The maximum absolute atomic E-state index is 13.1. The van der Waals surface area contributed by atoms with Gasteiger partial charge in [0.05, 0.1) is 24.1 Å². The first-order valence-corrected chi connectivity index (χ1v) is 11.4. The number of thioether (sulfide) groups is 1. The summed E-state index contributed by atoms with van der Waals surface area (Å²) in [6.07, 6.45) is 1.57. The molecule has 0 aliphatic carbocycles. The van der Waals surface area contributed by atoms with E-state index in [0.717, 1.165) is 28.8 Å². The molecule has 0 aromatic heterocycles. The van der Waals surface area contributed by atoms with Gasteiger partial charge in [0.1, 0.15) is 18.2 Å². The van der Waals surface area contributed by atoms with Gasteiger partial charge in [-0.1, -0.05) is 24.3 Å². The second-order valence-corrected chi connectivity index (χ2v) is 8.29. The van der Waals surface area contributed by atoms with Crippen molar-refractivity contribution < 1.29 is 33.0 Å². The van der Waals surface area contributed by atoms with Crippen LogP contribution in [-0.2, 0) is 4.79 Å². The third-order valence-corrected chi connectivity index (χ3v) is 5.88. The zero-order valence-electron chi connectivity index (χ0n) is 18.6. The maximum atomic E-state index is 13.1. The van der Waals surface area contributed by atoms with Crippen LogP contribution in [0.5, 0.6) is 17.2 Å². The number of hydrogen-bond acceptors (Lipinski definition) is 7. The fraction of sp³-hybridized carbons (Fsp3) is 0.115. The predicted molar refractivity (Wildman–Crippen MR) is 129 cm³/mol. The Bertz CT molecular complexity index is 1280. The molecule has 9 heteroatoms. The number of carbonyl (C=O) groups is 3. The number of rotatable bonds is 8. The molecule has 1 fully saturated rings. The van der Waals surface area contributed by atoms with Crippen LogP contribution in [0.3, 0.4) is 0 Å². The lowest BCUT2D eigenvalue weighted by atomic mass is 10.1. The van der Waals surface area contributed by atoms with Crippen LogP contribution in [-0.4, -0.2) is 42.3 Å². The molecule has 1 saturated heterocycles. The van der Waals surface area contributed by atoms with E-state index in [9.17, 15) is 18.8 Å². The number of para-hydroxylation sites is 1. The summed E-state index contributed by atoms with van der Waals surface area (Å²) in [6.45, 7) is 0.301. The molecule has 0 saturated carbocycles. The highest BCUT2D eigenvalue weighted by atomic mass is 32.2. The Kier molecular flexibility index (Phi) is 7.47. The number of hydrogen-bond donors (Lipinski definition) is 0. The molecular weight excluding hydrogens is 473 g/mol. The van der Waals surface area contributed by atoms with Crippen molar-refractivity contribution in [3.63, 3.8) is 0 Å². The summed E-state index contributed by atoms with van der Waals surface area (Å²) in [5.74, 6) is -0.480. The van der Waals surface area contributed by atoms with E-state index in [0.29, 0.717) is 11.3 Å². The van der Waals surface area contributed by atoms with Gasteiger partial charge in [-0.05, 0) is 71.9 Å². The van der Waals surface area contributed by atoms with E-state index in [-0.39, 0.29) is 40.4 Å². The third kappa shape index (κ3) is 5.88. The van der Waals surface area contributed by atoms with E-state index in [1.54, 1.807) is 30.3 Å². The second-order valence-electron chi connectivity index (χ2n) is 7.30. The largest absolute Gasteiger partial charge is 0.493 e. The van der Waals surface area contributed by atoms with E-state index < -0.39 is 17.7 Å². The number of methoxy groups -OCH3 is 1. The summed E-state index contributed by atoms with van der Waals surface area (Å²) < 4.78 is 29.3. The van der Waals surface area contributed by atoms with Gasteiger partial charge in [0.25, 0.3) is 11.1 Å². The minimum atomic E-state index is -0.671. The minimum absolute atomic E-state index is 0.124. The van der Waals surface area contributed by atoms with Crippen molar-refractivity contribution in [1.82, 2.24) is 4.90 Å². The average molecular weight is 494 g/mol. The number of esters is 1. The number of ether oxygens (including phenoxy) is 3. The highest BCUT2D eigenvalue weighted by Crippen LogP contribution is 2.34. The van der Waals surface area contributed by atoms with E-state index >= 15 is 0 Å². The minimum Gasteiger partial charge on any atom is -0.493 e. The summed E-state index contributed by atoms with van der Waals surface area (Å²) >= 11 is 0.836. The lowest BCUT2D eigenvalue weighted by Crippen LogP contribution is -2.32. The number of nitrogens with zero attached hydrogens (tertiary/aromatic N) is 1. The van der Waals surface area contributed by atoms with Gasteiger partial charge in [-0.2, -0.15) is 0 Å². The van der Waals surface area contributed by atoms with Gasteiger partial charge in [0.2, 0.25) is 0 Å². The normalized spacial score (nSPS) is 14.3. The maximum Gasteiger partial charge on any atom is 0.343 e. The van der Waals surface area contributed by atoms with Crippen molar-refractivity contribution in [2.75, 3.05) is 20.3 Å². The number of halogens is 1. The molecule has 35 heavy (non-hydrogen) atoms. The van der Waals surface area contributed by atoms with Gasteiger partial charge in [0.15, 0.2) is 11.5 Å². The molecule has 3 aromatic rings. The zero-order valence-corrected chi connectivity index (χ0v) is 19.4. The quantitative estimate of drug-likeness (QED) is 0.243. The first-order chi connectivity index (χ1) is 16.9. The number of benzene rings is 3. The standard InChI is InChI=1S/C26H20FNO6S/c1-32-22-15-17(7-12-21(22)34-25(30)18-8-10-19(27)11-9-18)16-23-24(29)28(26(31)35-23)13-14-33-20-5-3-2-4-6-20/h2-12,15-16H,13-14H2,1H3/b23-16-. The lowest BCUT2D eigenvalue weighted by Gasteiger charge is -2.13. The van der Waals surface area contributed by atoms with E-state index in [1.807, 2.05) is 18.2 Å². The monoisotopic (exact) mass is 493 g/mol. The van der Waals surface area contributed by atoms with E-state index in [2.05, 4.69) is 0 Å². The van der Waals surface area contributed by atoms with Crippen molar-refractivity contribution in [3.05, 3.63) is 94.6 Å². The summed E-state index contributed by atoms with van der Waals surface area (Å²) in [5, 5.41) is -0.380. The molecule has 0 atom stereocenters. The molecule has 178 valence electrons. The molecule has 3 aromatic carbocycles. The van der Waals surface area contributed by atoms with Crippen LogP contribution >= 0.6 is 11.8 Å². The van der Waals surface area contributed by atoms with Crippen molar-refractivity contribution >= 4 is 35.0 Å². The van der Waals surface area contributed by atoms with Crippen molar-refractivity contribution in [2.45, 2.75) is 0 Å². The Morgan fingerprint density at radius 2 is 1.74 bits per heavy atom. The molecule has 0 N–H and O–H groups in total. The fourth-order valence-electron chi connectivity index (χ4n) is 3.22. The van der Waals surface area contributed by atoms with Gasteiger partial charge in [-0.3, -0.25) is 14.5 Å². The molecule has 1 aliphatic heterocycles. The Labute approximate surface area is 205 Å². The number of imide groups is 1. The number of carbonyl (C=O) groups excluding carboxylic acids is 3.